The number of alkyl halides is 3. The first-order valence-corrected chi connectivity index (χ1v) is 8.17. The first-order valence-electron chi connectivity index (χ1n) is 8.17. The van der Waals surface area contributed by atoms with Gasteiger partial charge in [0.15, 0.2) is 0 Å². The summed E-state index contributed by atoms with van der Waals surface area (Å²) in [6.07, 6.45) is -4.15. The molecule has 2 N–H and O–H groups in total. The van der Waals surface area contributed by atoms with Crippen LogP contribution in [-0.4, -0.2) is 53.2 Å². The number of anilines is 1. The number of nitrogens with zero attached hydrogens (tertiary/aromatic N) is 2. The van der Waals surface area contributed by atoms with Gasteiger partial charge in [0.05, 0.1) is 19.4 Å². The van der Waals surface area contributed by atoms with E-state index in [1.807, 2.05) is 0 Å². The van der Waals surface area contributed by atoms with E-state index in [4.69, 9.17) is 4.74 Å². The Labute approximate surface area is 152 Å². The fraction of sp³-hybridized carbons (Fsp3) is 0.353. The number of aromatic nitrogens is 2. The van der Waals surface area contributed by atoms with Gasteiger partial charge in [-0.2, -0.15) is 18.3 Å². The van der Waals surface area contributed by atoms with Gasteiger partial charge < -0.3 is 15.0 Å². The van der Waals surface area contributed by atoms with Gasteiger partial charge in [0.1, 0.15) is 11.3 Å². The fourth-order valence-electron chi connectivity index (χ4n) is 2.73. The molecule has 1 aliphatic rings. The number of nitrogens with one attached hydrogen (secondary N) is 2. The molecule has 0 saturated carbocycles. The molecule has 0 aliphatic carbocycles. The predicted molar refractivity (Wildman–Crippen MR) is 89.4 cm³/mol. The molecule has 1 aromatic carbocycles. The van der Waals surface area contributed by atoms with Crippen molar-refractivity contribution in [3.8, 4) is 0 Å². The van der Waals surface area contributed by atoms with Gasteiger partial charge in [0.25, 0.3) is 11.8 Å². The number of hydrogen-bond acceptors (Lipinski definition) is 4. The lowest BCUT2D eigenvalue weighted by molar-refractivity contribution is -0.137. The third-order valence-corrected chi connectivity index (χ3v) is 4.20. The lowest BCUT2D eigenvalue weighted by Crippen LogP contribution is -2.41. The van der Waals surface area contributed by atoms with Crippen molar-refractivity contribution >= 4 is 17.5 Å². The molecule has 1 aliphatic heterocycles. The summed E-state index contributed by atoms with van der Waals surface area (Å²) in [6, 6.07) is 4.60. The van der Waals surface area contributed by atoms with Gasteiger partial charge in [-0.1, -0.05) is 6.07 Å². The average Bonchev–Trinajstić information content (AvgIpc) is 3.14. The summed E-state index contributed by atoms with van der Waals surface area (Å²) in [7, 11) is 0. The number of halogens is 3. The summed E-state index contributed by atoms with van der Waals surface area (Å²) >= 11 is 0. The molecule has 0 radical (unpaired) electrons. The third kappa shape index (κ3) is 4.11. The van der Waals surface area contributed by atoms with Crippen molar-refractivity contribution < 1.29 is 27.5 Å². The van der Waals surface area contributed by atoms with Crippen LogP contribution in [-0.2, 0) is 10.9 Å². The monoisotopic (exact) mass is 382 g/mol. The molecule has 0 bridgehead atoms. The number of amides is 2. The second-order valence-electron chi connectivity index (χ2n) is 6.04. The van der Waals surface area contributed by atoms with Crippen LogP contribution in [0.5, 0.6) is 0 Å². The van der Waals surface area contributed by atoms with Crippen LogP contribution >= 0.6 is 0 Å². The fourth-order valence-corrected chi connectivity index (χ4v) is 2.73. The highest BCUT2D eigenvalue weighted by molar-refractivity contribution is 6.05. The molecule has 2 aromatic rings. The van der Waals surface area contributed by atoms with Gasteiger partial charge in [-0.05, 0) is 24.6 Å². The van der Waals surface area contributed by atoms with Gasteiger partial charge >= 0.3 is 6.18 Å². The second-order valence-corrected chi connectivity index (χ2v) is 6.04. The smallest absolute Gasteiger partial charge is 0.378 e. The maximum Gasteiger partial charge on any atom is 0.420 e. The first-order chi connectivity index (χ1) is 12.8. The maximum absolute atomic E-state index is 12.9. The van der Waals surface area contributed by atoms with Crippen LogP contribution in [0.25, 0.3) is 0 Å². The zero-order valence-electron chi connectivity index (χ0n) is 14.4. The van der Waals surface area contributed by atoms with E-state index in [1.54, 1.807) is 17.9 Å². The van der Waals surface area contributed by atoms with E-state index in [2.05, 4.69) is 15.5 Å². The van der Waals surface area contributed by atoms with E-state index < -0.39 is 23.3 Å². The van der Waals surface area contributed by atoms with E-state index in [9.17, 15) is 22.8 Å². The van der Waals surface area contributed by atoms with Crippen LogP contribution in [0.3, 0.4) is 0 Å². The number of aromatic amines is 1. The van der Waals surface area contributed by atoms with Gasteiger partial charge in [-0.3, -0.25) is 14.7 Å². The van der Waals surface area contributed by atoms with E-state index in [0.717, 1.165) is 0 Å². The van der Waals surface area contributed by atoms with Gasteiger partial charge in [0, 0.05) is 24.3 Å². The lowest BCUT2D eigenvalue weighted by Gasteiger charge is -2.27. The minimum absolute atomic E-state index is 0.213. The molecule has 1 saturated heterocycles. The summed E-state index contributed by atoms with van der Waals surface area (Å²) in [5, 5.41) is 7.73. The van der Waals surface area contributed by atoms with Crippen molar-refractivity contribution in [2.45, 2.75) is 13.1 Å². The maximum atomic E-state index is 12.9. The summed E-state index contributed by atoms with van der Waals surface area (Å²) in [6.45, 7) is 3.55. The Kier molecular flexibility index (Phi) is 5.17. The molecule has 1 aromatic heterocycles. The highest BCUT2D eigenvalue weighted by atomic mass is 19.4. The molecule has 1 fully saturated rings. The summed E-state index contributed by atoms with van der Waals surface area (Å²) in [5.41, 5.74) is -0.567. The van der Waals surface area contributed by atoms with Crippen LogP contribution < -0.4 is 5.32 Å². The minimum Gasteiger partial charge on any atom is -0.378 e. The molecule has 7 nitrogen and oxygen atoms in total. The molecule has 2 heterocycles. The Morgan fingerprint density at radius 2 is 1.96 bits per heavy atom. The number of carbonyl (C=O) groups is 2. The molecule has 2 amide bonds. The third-order valence-electron chi connectivity index (χ3n) is 4.20. The Morgan fingerprint density at radius 3 is 2.63 bits per heavy atom. The Hall–Kier alpha value is -2.88. The zero-order valence-corrected chi connectivity index (χ0v) is 14.4. The molecule has 0 atom stereocenters. The molecular formula is C17H17F3N4O3. The Bertz CT molecular complexity index is 857. The largest absolute Gasteiger partial charge is 0.420 e. The zero-order chi connectivity index (χ0) is 19.6. The molecule has 0 unspecified atom stereocenters. The highest BCUT2D eigenvalue weighted by Crippen LogP contribution is 2.31. The molecule has 3 rings (SSSR count). The number of aryl methyl sites for hydroxylation is 1. The van der Waals surface area contributed by atoms with E-state index >= 15 is 0 Å². The van der Waals surface area contributed by atoms with Crippen molar-refractivity contribution in [2.75, 3.05) is 31.6 Å². The SMILES string of the molecule is Cc1ccc(NC(=O)c2[nH]ncc2C(F)(F)F)cc1C(=O)N1CCOCC1. The molecular weight excluding hydrogens is 365 g/mol. The predicted octanol–water partition coefficient (Wildman–Crippen LogP) is 2.46. The Morgan fingerprint density at radius 1 is 1.26 bits per heavy atom. The average molecular weight is 382 g/mol. The number of carbonyl (C=O) groups excluding carboxylic acids is 2. The number of morpholine rings is 1. The number of ether oxygens (including phenoxy) is 1. The van der Waals surface area contributed by atoms with Crippen molar-refractivity contribution in [1.29, 1.82) is 0 Å². The molecule has 27 heavy (non-hydrogen) atoms. The number of H-pyrrole nitrogens is 1. The number of benzene rings is 1. The second kappa shape index (κ2) is 7.39. The van der Waals surface area contributed by atoms with Crippen molar-refractivity contribution in [3.05, 3.63) is 46.8 Å². The minimum atomic E-state index is -4.70. The molecule has 10 heteroatoms. The first kappa shape index (κ1) is 18.9. The summed E-state index contributed by atoms with van der Waals surface area (Å²) < 4.78 is 43.9. The normalized spacial score (nSPS) is 14.9. The Balaban J connectivity index is 1.81. The topological polar surface area (TPSA) is 87.3 Å². The van der Waals surface area contributed by atoms with E-state index in [1.165, 1.54) is 12.1 Å². The summed E-state index contributed by atoms with van der Waals surface area (Å²) in [4.78, 5) is 26.5. The van der Waals surface area contributed by atoms with E-state index in [-0.39, 0.29) is 11.6 Å². The van der Waals surface area contributed by atoms with Gasteiger partial charge in [-0.25, -0.2) is 0 Å². The van der Waals surface area contributed by atoms with Gasteiger partial charge in [0.2, 0.25) is 0 Å². The van der Waals surface area contributed by atoms with Crippen LogP contribution in [0, 0.1) is 6.92 Å². The van der Waals surface area contributed by atoms with Gasteiger partial charge in [-0.15, -0.1) is 0 Å². The van der Waals surface area contributed by atoms with Crippen LogP contribution in [0.2, 0.25) is 0 Å². The van der Waals surface area contributed by atoms with Crippen LogP contribution in [0.1, 0.15) is 32.0 Å². The quantitative estimate of drug-likeness (QED) is 0.854. The van der Waals surface area contributed by atoms with Crippen molar-refractivity contribution in [3.63, 3.8) is 0 Å². The standard InChI is InChI=1S/C17H17F3N4O3/c1-10-2-3-11(8-12(10)16(26)24-4-6-27-7-5-24)22-15(25)14-13(9-21-23-14)17(18,19)20/h2-3,8-9H,4-7H2,1H3,(H,21,23)(H,22,25). The summed E-state index contributed by atoms with van der Waals surface area (Å²) in [5.74, 6) is -1.21. The number of rotatable bonds is 3. The molecule has 0 spiro atoms. The van der Waals surface area contributed by atoms with Crippen molar-refractivity contribution in [1.82, 2.24) is 15.1 Å². The highest BCUT2D eigenvalue weighted by Gasteiger charge is 2.37. The van der Waals surface area contributed by atoms with Crippen molar-refractivity contribution in [2.24, 2.45) is 0 Å². The van der Waals surface area contributed by atoms with Crippen LogP contribution in [0.15, 0.2) is 24.4 Å². The van der Waals surface area contributed by atoms with Crippen LogP contribution in [0.4, 0.5) is 18.9 Å². The number of hydrogen-bond donors (Lipinski definition) is 2. The van der Waals surface area contributed by atoms with E-state index in [0.29, 0.717) is 43.6 Å². The molecule has 144 valence electrons. The lowest BCUT2D eigenvalue weighted by atomic mass is 10.1.